The van der Waals surface area contributed by atoms with Crippen LogP contribution in [-0.2, 0) is 9.47 Å². The molecule has 0 unspecified atom stereocenters. The van der Waals surface area contributed by atoms with Crippen molar-refractivity contribution in [1.29, 1.82) is 0 Å². The van der Waals surface area contributed by atoms with E-state index >= 15 is 0 Å². The van der Waals surface area contributed by atoms with E-state index in [0.717, 1.165) is 27.8 Å². The first kappa shape index (κ1) is 11.0. The fraction of sp³-hybridized carbons (Fsp3) is 0.333. The van der Waals surface area contributed by atoms with Gasteiger partial charge in [0.15, 0.2) is 0 Å². The molecule has 0 saturated carbocycles. The summed E-state index contributed by atoms with van der Waals surface area (Å²) in [5.74, 6) is 1.42. The Balaban J connectivity index is 2.11. The quantitative estimate of drug-likeness (QED) is 0.770. The van der Waals surface area contributed by atoms with Crippen molar-refractivity contribution in [2.24, 2.45) is 9.98 Å². The van der Waals surface area contributed by atoms with E-state index in [1.165, 1.54) is 0 Å². The Bertz CT molecular complexity index is 511. The summed E-state index contributed by atoms with van der Waals surface area (Å²) in [7, 11) is 0. The molecular weight excluding hydrogens is 331 g/mol. The van der Waals surface area contributed by atoms with E-state index < -0.39 is 0 Å². The van der Waals surface area contributed by atoms with Gasteiger partial charge in [-0.3, -0.25) is 0 Å². The van der Waals surface area contributed by atoms with Crippen LogP contribution in [0.5, 0.6) is 0 Å². The SMILES string of the molecule is Ic1cccc(C2=NCCO2)c1C1=NCCO1. The van der Waals surface area contributed by atoms with Crippen LogP contribution >= 0.6 is 22.6 Å². The van der Waals surface area contributed by atoms with E-state index in [-0.39, 0.29) is 0 Å². The third kappa shape index (κ3) is 2.03. The van der Waals surface area contributed by atoms with Gasteiger partial charge in [-0.15, -0.1) is 0 Å². The van der Waals surface area contributed by atoms with Crippen molar-refractivity contribution in [1.82, 2.24) is 0 Å². The minimum atomic E-state index is 0.660. The molecule has 1 aromatic carbocycles. The number of rotatable bonds is 2. The van der Waals surface area contributed by atoms with E-state index in [9.17, 15) is 0 Å². The normalized spacial score (nSPS) is 18.4. The van der Waals surface area contributed by atoms with E-state index in [1.807, 2.05) is 18.2 Å². The second kappa shape index (κ2) is 4.64. The number of benzene rings is 1. The second-order valence-electron chi connectivity index (χ2n) is 3.73. The molecule has 0 fully saturated rings. The third-order valence-electron chi connectivity index (χ3n) is 2.63. The van der Waals surface area contributed by atoms with Gasteiger partial charge >= 0.3 is 0 Å². The molecule has 4 nitrogen and oxygen atoms in total. The molecule has 1 aromatic rings. The van der Waals surface area contributed by atoms with Gasteiger partial charge in [0.2, 0.25) is 11.8 Å². The first-order chi connectivity index (χ1) is 8.36. The Morgan fingerprint density at radius 2 is 1.71 bits per heavy atom. The summed E-state index contributed by atoms with van der Waals surface area (Å²) < 4.78 is 12.2. The highest BCUT2D eigenvalue weighted by atomic mass is 127. The van der Waals surface area contributed by atoms with Crippen molar-refractivity contribution in [2.75, 3.05) is 26.3 Å². The summed E-state index contributed by atoms with van der Waals surface area (Å²) in [4.78, 5) is 8.74. The van der Waals surface area contributed by atoms with Gasteiger partial charge < -0.3 is 9.47 Å². The van der Waals surface area contributed by atoms with Crippen LogP contribution in [0, 0.1) is 3.57 Å². The minimum Gasteiger partial charge on any atom is -0.475 e. The maximum atomic E-state index is 5.55. The van der Waals surface area contributed by atoms with Crippen LogP contribution in [0.4, 0.5) is 0 Å². The van der Waals surface area contributed by atoms with Crippen molar-refractivity contribution >= 4 is 34.4 Å². The topological polar surface area (TPSA) is 43.2 Å². The molecule has 2 heterocycles. The smallest absolute Gasteiger partial charge is 0.218 e. The summed E-state index contributed by atoms with van der Waals surface area (Å²) in [5, 5.41) is 0. The van der Waals surface area contributed by atoms with Gasteiger partial charge in [-0.25, -0.2) is 9.98 Å². The van der Waals surface area contributed by atoms with E-state index in [0.29, 0.717) is 25.0 Å². The highest BCUT2D eigenvalue weighted by molar-refractivity contribution is 14.1. The Morgan fingerprint density at radius 1 is 1.00 bits per heavy atom. The summed E-state index contributed by atoms with van der Waals surface area (Å²) in [6.45, 7) is 2.78. The molecule has 0 aliphatic carbocycles. The average Bonchev–Trinajstić information content (AvgIpc) is 3.02. The van der Waals surface area contributed by atoms with Crippen LogP contribution in [0.1, 0.15) is 11.1 Å². The fourth-order valence-electron chi connectivity index (χ4n) is 1.90. The third-order valence-corrected chi connectivity index (χ3v) is 3.53. The zero-order valence-electron chi connectivity index (χ0n) is 9.15. The lowest BCUT2D eigenvalue weighted by Crippen LogP contribution is -2.13. The van der Waals surface area contributed by atoms with Crippen LogP contribution < -0.4 is 0 Å². The van der Waals surface area contributed by atoms with E-state index in [1.54, 1.807) is 0 Å². The van der Waals surface area contributed by atoms with Crippen LogP contribution in [0.3, 0.4) is 0 Å². The molecule has 0 amide bonds. The maximum absolute atomic E-state index is 5.55. The highest BCUT2D eigenvalue weighted by Gasteiger charge is 2.22. The monoisotopic (exact) mass is 342 g/mol. The first-order valence-electron chi connectivity index (χ1n) is 5.50. The maximum Gasteiger partial charge on any atom is 0.218 e. The van der Waals surface area contributed by atoms with Crippen molar-refractivity contribution in [3.63, 3.8) is 0 Å². The molecule has 0 N–H and O–H groups in total. The van der Waals surface area contributed by atoms with E-state index in [2.05, 4.69) is 32.6 Å². The zero-order valence-corrected chi connectivity index (χ0v) is 11.3. The molecule has 0 saturated heterocycles. The molecule has 17 heavy (non-hydrogen) atoms. The second-order valence-corrected chi connectivity index (χ2v) is 4.90. The highest BCUT2D eigenvalue weighted by Crippen LogP contribution is 2.22. The van der Waals surface area contributed by atoms with Crippen molar-refractivity contribution in [3.05, 3.63) is 32.9 Å². The molecule has 0 spiro atoms. The van der Waals surface area contributed by atoms with Gasteiger partial charge in [-0.05, 0) is 34.7 Å². The number of ether oxygens (including phenoxy) is 2. The van der Waals surface area contributed by atoms with Gasteiger partial charge in [0.1, 0.15) is 13.2 Å². The number of hydrogen-bond donors (Lipinski definition) is 0. The van der Waals surface area contributed by atoms with Crippen molar-refractivity contribution in [2.45, 2.75) is 0 Å². The Morgan fingerprint density at radius 3 is 2.35 bits per heavy atom. The Kier molecular flexibility index (Phi) is 3.00. The zero-order chi connectivity index (χ0) is 11.7. The molecule has 0 atom stereocenters. The van der Waals surface area contributed by atoms with Gasteiger partial charge in [0, 0.05) is 9.13 Å². The van der Waals surface area contributed by atoms with Crippen LogP contribution in [0.15, 0.2) is 28.2 Å². The average molecular weight is 342 g/mol. The molecule has 3 rings (SSSR count). The van der Waals surface area contributed by atoms with Gasteiger partial charge in [0.05, 0.1) is 18.7 Å². The molecule has 0 radical (unpaired) electrons. The minimum absolute atomic E-state index is 0.660. The van der Waals surface area contributed by atoms with E-state index in [4.69, 9.17) is 9.47 Å². The summed E-state index contributed by atoms with van der Waals surface area (Å²) >= 11 is 2.29. The standard InChI is InChI=1S/C12H11IN2O2/c13-9-3-1-2-8(11-14-4-6-16-11)10(9)12-15-5-7-17-12/h1-3H,4-7H2. The van der Waals surface area contributed by atoms with Gasteiger partial charge in [-0.2, -0.15) is 0 Å². The lowest BCUT2D eigenvalue weighted by Gasteiger charge is -2.11. The molecule has 2 aliphatic rings. The van der Waals surface area contributed by atoms with Crippen LogP contribution in [0.25, 0.3) is 0 Å². The number of hydrogen-bond acceptors (Lipinski definition) is 4. The summed E-state index contributed by atoms with van der Waals surface area (Å²) in [6, 6.07) is 6.05. The van der Waals surface area contributed by atoms with Gasteiger partial charge in [-0.1, -0.05) is 6.07 Å². The van der Waals surface area contributed by atoms with Crippen LogP contribution in [-0.4, -0.2) is 38.1 Å². The predicted molar refractivity (Wildman–Crippen MR) is 73.9 cm³/mol. The first-order valence-corrected chi connectivity index (χ1v) is 6.58. The van der Waals surface area contributed by atoms with Crippen LogP contribution in [0.2, 0.25) is 0 Å². The fourth-order valence-corrected chi connectivity index (χ4v) is 2.63. The number of halogens is 1. The molecule has 0 bridgehead atoms. The molecule has 0 aromatic heterocycles. The number of nitrogens with zero attached hydrogens (tertiary/aromatic N) is 2. The molecule has 2 aliphatic heterocycles. The predicted octanol–water partition coefficient (Wildman–Crippen LogP) is 1.84. The Labute approximate surface area is 113 Å². The summed E-state index contributed by atoms with van der Waals surface area (Å²) in [6.07, 6.45) is 0. The van der Waals surface area contributed by atoms with Crippen molar-refractivity contribution < 1.29 is 9.47 Å². The van der Waals surface area contributed by atoms with Gasteiger partial charge in [0.25, 0.3) is 0 Å². The molecule has 5 heteroatoms. The van der Waals surface area contributed by atoms with Crippen molar-refractivity contribution in [3.8, 4) is 0 Å². The molecule has 88 valence electrons. The largest absolute Gasteiger partial charge is 0.475 e. The Hall–Kier alpha value is -1.11. The molecular formula is C12H11IN2O2. The summed E-state index contributed by atoms with van der Waals surface area (Å²) in [5.41, 5.74) is 1.99. The lowest BCUT2D eigenvalue weighted by atomic mass is 10.1. The number of aliphatic imine (C=N–C) groups is 2. The lowest BCUT2D eigenvalue weighted by molar-refractivity contribution is 0.344.